The Bertz CT molecular complexity index is 388. The van der Waals surface area contributed by atoms with Gasteiger partial charge in [0.1, 0.15) is 6.54 Å². The predicted octanol–water partition coefficient (Wildman–Crippen LogP) is 2.73. The highest BCUT2D eigenvalue weighted by molar-refractivity contribution is 7.85. The molecule has 0 aromatic carbocycles. The van der Waals surface area contributed by atoms with Crippen LogP contribution in [0.3, 0.4) is 0 Å². The van der Waals surface area contributed by atoms with Crippen molar-refractivity contribution in [3.63, 3.8) is 0 Å². The van der Waals surface area contributed by atoms with Crippen LogP contribution in [-0.2, 0) is 19.6 Å². The van der Waals surface area contributed by atoms with Crippen LogP contribution in [0.4, 0.5) is 0 Å². The summed E-state index contributed by atoms with van der Waals surface area (Å²) >= 11 is 0. The second-order valence-corrected chi connectivity index (χ2v) is 8.29. The van der Waals surface area contributed by atoms with Crippen molar-refractivity contribution in [2.24, 2.45) is 0 Å². The van der Waals surface area contributed by atoms with E-state index in [-0.39, 0.29) is 5.75 Å². The molecule has 0 aliphatic heterocycles. The normalized spacial score (nSPS) is 14.7. The monoisotopic (exact) mass is 368 g/mol. The molecule has 0 aromatic rings. The number of hydrogen-bond donors (Lipinski definition) is 1. The molecule has 0 fully saturated rings. The van der Waals surface area contributed by atoms with Gasteiger partial charge in [-0.25, -0.2) is 0 Å². The average Bonchev–Trinajstić information content (AvgIpc) is 2.50. The van der Waals surface area contributed by atoms with E-state index in [2.05, 4.69) is 20.9 Å². The molecule has 0 radical (unpaired) electrons. The molecule has 146 valence electrons. The molecule has 0 rings (SSSR count). The Morgan fingerprint density at radius 3 is 1.92 bits per heavy atom. The number of likely N-dealkylation sites (N-methyl/N-ethyl adjacent to an activating group) is 1. The largest absolute Gasteiger partial charge is 0.379 e. The van der Waals surface area contributed by atoms with Crippen LogP contribution < -0.4 is 0 Å². The van der Waals surface area contributed by atoms with Crippen molar-refractivity contribution >= 4 is 10.1 Å². The van der Waals surface area contributed by atoms with Gasteiger partial charge in [-0.1, -0.05) is 20.3 Å². The molecule has 0 aliphatic rings. The van der Waals surface area contributed by atoms with E-state index in [1.165, 1.54) is 19.3 Å². The maximum Gasteiger partial charge on any atom is 0.264 e. The van der Waals surface area contributed by atoms with Crippen molar-refractivity contribution in [1.29, 1.82) is 0 Å². The lowest BCUT2D eigenvalue weighted by atomic mass is 10.2. The molecule has 7 heteroatoms. The first-order valence-corrected chi connectivity index (χ1v) is 10.9. The maximum atomic E-state index is 10.8. The van der Waals surface area contributed by atoms with Gasteiger partial charge in [0, 0.05) is 6.61 Å². The minimum absolute atomic E-state index is 0.146. The van der Waals surface area contributed by atoms with Gasteiger partial charge in [0.05, 0.1) is 45.7 Å². The van der Waals surface area contributed by atoms with Crippen LogP contribution in [0.1, 0.15) is 52.4 Å². The lowest BCUT2D eigenvalue weighted by Gasteiger charge is -2.34. The Labute approximate surface area is 148 Å². The van der Waals surface area contributed by atoms with Gasteiger partial charge in [-0.15, -0.1) is 0 Å². The minimum Gasteiger partial charge on any atom is -0.379 e. The quantitative estimate of drug-likeness (QED) is 0.243. The van der Waals surface area contributed by atoms with Gasteiger partial charge >= 0.3 is 0 Å². The zero-order valence-electron chi connectivity index (χ0n) is 15.8. The van der Waals surface area contributed by atoms with Crippen molar-refractivity contribution in [3.05, 3.63) is 0 Å². The first-order chi connectivity index (χ1) is 11.3. The molecule has 1 atom stereocenters. The second kappa shape index (κ2) is 14.0. The van der Waals surface area contributed by atoms with Crippen LogP contribution >= 0.6 is 0 Å². The molecule has 0 saturated carbocycles. The van der Waals surface area contributed by atoms with Gasteiger partial charge in [0.2, 0.25) is 0 Å². The summed E-state index contributed by atoms with van der Waals surface area (Å²) in [5.74, 6) is -0.146. The maximum absolute atomic E-state index is 10.8. The standard InChI is InChI=1S/C17H37NO5S/c1-4-6-7-10-18(3,11-8-9-17-24(19,20)21)12-14-23-16-15-22-13-5-2/h4-17H2,1-3H3/p+1. The summed E-state index contributed by atoms with van der Waals surface area (Å²) in [7, 11) is -1.63. The van der Waals surface area contributed by atoms with Crippen molar-refractivity contribution in [2.45, 2.75) is 52.4 Å². The van der Waals surface area contributed by atoms with E-state index in [1.807, 2.05) is 0 Å². The van der Waals surface area contributed by atoms with E-state index in [0.717, 1.165) is 43.6 Å². The van der Waals surface area contributed by atoms with E-state index < -0.39 is 10.1 Å². The van der Waals surface area contributed by atoms with Crippen LogP contribution in [0.25, 0.3) is 0 Å². The van der Waals surface area contributed by atoms with Gasteiger partial charge in [0.15, 0.2) is 0 Å². The topological polar surface area (TPSA) is 72.8 Å². The molecule has 0 aromatic heterocycles. The minimum atomic E-state index is -3.84. The highest BCUT2D eigenvalue weighted by Gasteiger charge is 2.21. The van der Waals surface area contributed by atoms with Gasteiger partial charge in [-0.3, -0.25) is 4.55 Å². The lowest BCUT2D eigenvalue weighted by molar-refractivity contribution is -0.910. The van der Waals surface area contributed by atoms with E-state index in [1.54, 1.807) is 0 Å². The average molecular weight is 369 g/mol. The van der Waals surface area contributed by atoms with Gasteiger partial charge < -0.3 is 14.0 Å². The van der Waals surface area contributed by atoms with Crippen molar-refractivity contribution in [2.75, 3.05) is 58.9 Å². The molecule has 0 heterocycles. The third-order valence-corrected chi connectivity index (χ3v) is 4.95. The van der Waals surface area contributed by atoms with Crippen LogP contribution in [0.2, 0.25) is 0 Å². The Morgan fingerprint density at radius 2 is 1.38 bits per heavy atom. The van der Waals surface area contributed by atoms with Crippen LogP contribution in [0, 0.1) is 0 Å². The van der Waals surface area contributed by atoms with Gasteiger partial charge in [-0.2, -0.15) is 8.42 Å². The summed E-state index contributed by atoms with van der Waals surface area (Å²) in [6.45, 7) is 9.92. The summed E-state index contributed by atoms with van der Waals surface area (Å²) in [5.41, 5.74) is 0. The number of nitrogens with zero attached hydrogens (tertiary/aromatic N) is 1. The first-order valence-electron chi connectivity index (χ1n) is 9.27. The summed E-state index contributed by atoms with van der Waals surface area (Å²) in [4.78, 5) is 0. The summed E-state index contributed by atoms with van der Waals surface area (Å²) in [5, 5.41) is 0. The molecule has 0 saturated heterocycles. The Kier molecular flexibility index (Phi) is 13.9. The number of ether oxygens (including phenoxy) is 2. The van der Waals surface area contributed by atoms with Gasteiger partial charge in [-0.05, 0) is 32.1 Å². The summed E-state index contributed by atoms with van der Waals surface area (Å²) in [6, 6.07) is 0. The molecular formula is C17H38NO5S+. The number of hydrogen-bond acceptors (Lipinski definition) is 4. The Morgan fingerprint density at radius 1 is 0.792 bits per heavy atom. The van der Waals surface area contributed by atoms with E-state index in [4.69, 9.17) is 14.0 Å². The third kappa shape index (κ3) is 15.3. The van der Waals surface area contributed by atoms with Crippen molar-refractivity contribution in [3.8, 4) is 0 Å². The van der Waals surface area contributed by atoms with Crippen LogP contribution in [0.15, 0.2) is 0 Å². The highest BCUT2D eigenvalue weighted by atomic mass is 32.2. The van der Waals surface area contributed by atoms with Crippen LogP contribution in [0.5, 0.6) is 0 Å². The summed E-state index contributed by atoms with van der Waals surface area (Å²) in [6.07, 6.45) is 5.90. The fourth-order valence-electron chi connectivity index (χ4n) is 2.61. The number of quaternary nitrogens is 1. The SMILES string of the molecule is CCCCC[N+](C)(CCCCS(=O)(=O)O)CCOCCOCCC. The number of unbranched alkanes of at least 4 members (excludes halogenated alkanes) is 3. The molecule has 6 nitrogen and oxygen atoms in total. The van der Waals surface area contributed by atoms with Crippen LogP contribution in [-0.4, -0.2) is 76.3 Å². The molecule has 0 spiro atoms. The van der Waals surface area contributed by atoms with E-state index >= 15 is 0 Å². The Balaban J connectivity index is 4.08. The zero-order valence-corrected chi connectivity index (χ0v) is 16.7. The van der Waals surface area contributed by atoms with E-state index in [0.29, 0.717) is 26.2 Å². The van der Waals surface area contributed by atoms with Crippen molar-refractivity contribution in [1.82, 2.24) is 0 Å². The van der Waals surface area contributed by atoms with Crippen molar-refractivity contribution < 1.29 is 26.9 Å². The number of rotatable bonds is 17. The Hall–Kier alpha value is -0.210. The first kappa shape index (κ1) is 23.8. The zero-order chi connectivity index (χ0) is 18.3. The highest BCUT2D eigenvalue weighted by Crippen LogP contribution is 2.10. The molecule has 0 aliphatic carbocycles. The summed E-state index contributed by atoms with van der Waals surface area (Å²) < 4.78 is 42.4. The molecular weight excluding hydrogens is 330 g/mol. The smallest absolute Gasteiger partial charge is 0.264 e. The molecule has 0 bridgehead atoms. The lowest BCUT2D eigenvalue weighted by Crippen LogP contribution is -2.48. The fourth-order valence-corrected chi connectivity index (χ4v) is 3.18. The molecule has 24 heavy (non-hydrogen) atoms. The third-order valence-electron chi connectivity index (χ3n) is 4.15. The second-order valence-electron chi connectivity index (χ2n) is 6.72. The molecule has 1 N–H and O–H groups in total. The predicted molar refractivity (Wildman–Crippen MR) is 97.9 cm³/mol. The van der Waals surface area contributed by atoms with E-state index in [9.17, 15) is 8.42 Å². The molecule has 1 unspecified atom stereocenters. The van der Waals surface area contributed by atoms with Gasteiger partial charge in [0.25, 0.3) is 10.1 Å². The molecule has 0 amide bonds. The fraction of sp³-hybridized carbons (Fsp3) is 1.00.